The van der Waals surface area contributed by atoms with Crippen molar-refractivity contribution in [2.45, 2.75) is 98.5 Å². The Balaban J connectivity index is 2.36. The van der Waals surface area contributed by atoms with Crippen LogP contribution in [0.4, 0.5) is 0 Å². The number of Topliss-reactive ketones (excluding diaryl/α,β-unsaturated/α-hetero) is 1. The summed E-state index contributed by atoms with van der Waals surface area (Å²) < 4.78 is 5.89. The van der Waals surface area contributed by atoms with Crippen molar-refractivity contribution < 1.29 is 14.3 Å². The molecule has 2 unspecified atom stereocenters. The van der Waals surface area contributed by atoms with Gasteiger partial charge in [-0.25, -0.2) is 0 Å². The Hall–Kier alpha value is -2.68. The summed E-state index contributed by atoms with van der Waals surface area (Å²) in [5.74, 6) is -0.672. The third-order valence-corrected chi connectivity index (χ3v) is 7.37. The molecule has 0 aliphatic carbocycles. The molecule has 0 spiro atoms. The number of carbonyl (C=O) groups is 2. The number of hydrogen-bond acceptors (Lipinski definition) is 7. The molecular weight excluding hydrogens is 478 g/mol. The highest BCUT2D eigenvalue weighted by atomic mass is 16.5. The molecule has 2 rings (SSSR count). The van der Waals surface area contributed by atoms with Crippen molar-refractivity contribution in [1.29, 1.82) is 0 Å². The van der Waals surface area contributed by atoms with Gasteiger partial charge in [-0.15, -0.1) is 0 Å². The van der Waals surface area contributed by atoms with Crippen LogP contribution in [0.3, 0.4) is 0 Å². The maximum Gasteiger partial charge on any atom is 0.235 e. The number of nitrogens with two attached hydrogens (primary N) is 2. The van der Waals surface area contributed by atoms with E-state index in [-0.39, 0.29) is 23.2 Å². The van der Waals surface area contributed by atoms with E-state index >= 15 is 0 Å². The molecule has 2 heterocycles. The van der Waals surface area contributed by atoms with Crippen LogP contribution in [0, 0.1) is 10.8 Å². The summed E-state index contributed by atoms with van der Waals surface area (Å²) >= 11 is 0. The molecule has 0 aliphatic rings. The molecule has 4 N–H and O–H groups in total. The smallest absolute Gasteiger partial charge is 0.235 e. The fraction of sp³-hybridized carbons (Fsp3) is 0.600. The van der Waals surface area contributed by atoms with Gasteiger partial charge >= 0.3 is 0 Å². The molecule has 0 saturated heterocycles. The minimum atomic E-state index is -1.35. The van der Waals surface area contributed by atoms with Crippen molar-refractivity contribution >= 4 is 11.7 Å². The molecule has 0 saturated carbocycles. The lowest BCUT2D eigenvalue weighted by molar-refractivity contribution is -0.138. The van der Waals surface area contributed by atoms with E-state index in [1.54, 1.807) is 19.3 Å². The molecule has 210 valence electrons. The van der Waals surface area contributed by atoms with E-state index in [0.717, 1.165) is 11.4 Å². The van der Waals surface area contributed by atoms with Crippen molar-refractivity contribution in [2.75, 3.05) is 6.61 Å². The van der Waals surface area contributed by atoms with Gasteiger partial charge < -0.3 is 16.2 Å². The number of amides is 1. The van der Waals surface area contributed by atoms with Crippen LogP contribution in [0.5, 0.6) is 0 Å². The SMILES string of the molecule is CC(C)(CCOC(C)(C)C)CC(=O)C(C)(N)C(C)(C)C(C(N)=O)N(Cc1ccccn1)Cc1ccccn1. The summed E-state index contributed by atoms with van der Waals surface area (Å²) in [5, 5.41) is 0. The first-order chi connectivity index (χ1) is 17.5. The quantitative estimate of drug-likeness (QED) is 0.377. The van der Waals surface area contributed by atoms with Crippen LogP contribution < -0.4 is 11.5 Å². The first-order valence-electron chi connectivity index (χ1n) is 13.3. The molecule has 1 amide bonds. The van der Waals surface area contributed by atoms with Crippen molar-refractivity contribution in [1.82, 2.24) is 14.9 Å². The van der Waals surface area contributed by atoms with Gasteiger partial charge in [-0.3, -0.25) is 24.5 Å². The van der Waals surface area contributed by atoms with Gasteiger partial charge in [0, 0.05) is 43.9 Å². The molecule has 8 nitrogen and oxygen atoms in total. The van der Waals surface area contributed by atoms with Crippen LogP contribution in [-0.2, 0) is 27.4 Å². The molecule has 8 heteroatoms. The van der Waals surface area contributed by atoms with E-state index in [2.05, 4.69) is 9.97 Å². The van der Waals surface area contributed by atoms with Crippen LogP contribution in [-0.4, -0.2) is 50.3 Å². The highest BCUT2D eigenvalue weighted by Gasteiger charge is 2.53. The van der Waals surface area contributed by atoms with Crippen LogP contribution in [0.1, 0.15) is 79.6 Å². The van der Waals surface area contributed by atoms with Crippen LogP contribution in [0.15, 0.2) is 48.8 Å². The molecule has 0 bridgehead atoms. The Morgan fingerprint density at radius 1 is 0.895 bits per heavy atom. The highest BCUT2D eigenvalue weighted by Crippen LogP contribution is 2.40. The first kappa shape index (κ1) is 31.5. The fourth-order valence-electron chi connectivity index (χ4n) is 4.61. The maximum atomic E-state index is 13.8. The van der Waals surface area contributed by atoms with Gasteiger partial charge in [0.05, 0.1) is 28.6 Å². The second-order valence-corrected chi connectivity index (χ2v) is 12.8. The third kappa shape index (κ3) is 8.68. The fourth-order valence-corrected chi connectivity index (χ4v) is 4.61. The minimum absolute atomic E-state index is 0.120. The zero-order valence-corrected chi connectivity index (χ0v) is 24.5. The van der Waals surface area contributed by atoms with Crippen LogP contribution in [0.25, 0.3) is 0 Å². The van der Waals surface area contributed by atoms with Crippen molar-refractivity contribution in [3.63, 3.8) is 0 Å². The normalized spacial score (nSPS) is 15.2. The molecule has 2 aromatic heterocycles. The van der Waals surface area contributed by atoms with Gasteiger partial charge in [-0.1, -0.05) is 39.8 Å². The van der Waals surface area contributed by atoms with Gasteiger partial charge in [-0.05, 0) is 63.8 Å². The third-order valence-electron chi connectivity index (χ3n) is 7.37. The molecule has 0 aromatic carbocycles. The molecule has 2 atom stereocenters. The van der Waals surface area contributed by atoms with E-state index in [4.69, 9.17) is 16.2 Å². The highest BCUT2D eigenvalue weighted by molar-refractivity contribution is 5.91. The average Bonchev–Trinajstić information content (AvgIpc) is 2.78. The number of nitrogens with zero attached hydrogens (tertiary/aromatic N) is 3. The zero-order chi connectivity index (χ0) is 28.8. The van der Waals surface area contributed by atoms with Crippen LogP contribution >= 0.6 is 0 Å². The number of pyridine rings is 2. The Morgan fingerprint density at radius 3 is 1.79 bits per heavy atom. The summed E-state index contributed by atoms with van der Waals surface area (Å²) in [5.41, 5.74) is 11.5. The molecule has 0 radical (unpaired) electrons. The Labute approximate surface area is 228 Å². The number of ether oxygens (including phenoxy) is 1. The summed E-state index contributed by atoms with van der Waals surface area (Å²) in [6, 6.07) is 10.4. The molecule has 0 fully saturated rings. The van der Waals surface area contributed by atoms with Gasteiger partial charge in [0.2, 0.25) is 5.91 Å². The molecule has 2 aromatic rings. The Morgan fingerprint density at radius 2 is 1.39 bits per heavy atom. The van der Waals surface area contributed by atoms with Crippen molar-refractivity contribution in [3.8, 4) is 0 Å². The van der Waals surface area contributed by atoms with Gasteiger partial charge in [0.15, 0.2) is 5.78 Å². The predicted molar refractivity (Wildman–Crippen MR) is 151 cm³/mol. The van der Waals surface area contributed by atoms with Gasteiger partial charge in [0.25, 0.3) is 0 Å². The Kier molecular flexibility index (Phi) is 10.3. The maximum absolute atomic E-state index is 13.8. The summed E-state index contributed by atoms with van der Waals surface area (Å²) in [6.45, 7) is 16.7. The monoisotopic (exact) mass is 525 g/mol. The van der Waals surface area contributed by atoms with E-state index < -0.39 is 22.9 Å². The van der Waals surface area contributed by atoms with E-state index in [0.29, 0.717) is 26.1 Å². The molecule has 38 heavy (non-hydrogen) atoms. The van der Waals surface area contributed by atoms with Crippen LogP contribution in [0.2, 0.25) is 0 Å². The van der Waals surface area contributed by atoms with Gasteiger partial charge in [0.1, 0.15) is 0 Å². The standard InChI is InChI=1S/C30H47N5O3/c1-27(2,3)38-18-15-28(4,5)19-24(36)30(8,32)29(6,7)25(26(31)37)35(20-22-13-9-11-16-33-22)21-23-14-10-12-17-34-23/h9-14,16-17,25H,15,18-21,32H2,1-8H3,(H2,31,37). The van der Waals surface area contributed by atoms with Crippen molar-refractivity contribution in [3.05, 3.63) is 60.2 Å². The lowest BCUT2D eigenvalue weighted by Crippen LogP contribution is -2.67. The number of hydrogen-bond donors (Lipinski definition) is 2. The lowest BCUT2D eigenvalue weighted by Gasteiger charge is -2.48. The zero-order valence-electron chi connectivity index (χ0n) is 24.5. The average molecular weight is 526 g/mol. The van der Waals surface area contributed by atoms with E-state index in [9.17, 15) is 9.59 Å². The van der Waals surface area contributed by atoms with E-state index in [1.807, 2.05) is 89.8 Å². The number of primary amides is 1. The second-order valence-electron chi connectivity index (χ2n) is 12.8. The van der Waals surface area contributed by atoms with E-state index in [1.165, 1.54) is 0 Å². The minimum Gasteiger partial charge on any atom is -0.376 e. The number of aromatic nitrogens is 2. The van der Waals surface area contributed by atoms with Crippen molar-refractivity contribution in [2.24, 2.45) is 22.3 Å². The second kappa shape index (κ2) is 12.5. The number of ketones is 1. The van der Waals surface area contributed by atoms with Gasteiger partial charge in [-0.2, -0.15) is 0 Å². The first-order valence-corrected chi connectivity index (χ1v) is 13.3. The lowest BCUT2D eigenvalue weighted by atomic mass is 9.63. The topological polar surface area (TPSA) is 124 Å². The molecule has 0 aliphatic heterocycles. The summed E-state index contributed by atoms with van der Waals surface area (Å²) in [4.78, 5) is 37.7. The Bertz CT molecular complexity index is 1010. The summed E-state index contributed by atoms with van der Waals surface area (Å²) in [6.07, 6.45) is 4.38. The number of carbonyl (C=O) groups excluding carboxylic acids is 2. The molecular formula is C30H47N5O3. The summed E-state index contributed by atoms with van der Waals surface area (Å²) in [7, 11) is 0. The number of rotatable bonds is 14. The largest absolute Gasteiger partial charge is 0.376 e. The predicted octanol–water partition coefficient (Wildman–Crippen LogP) is 4.27.